The second-order valence-electron chi connectivity index (χ2n) is 23.6. The van der Waals surface area contributed by atoms with E-state index in [9.17, 15) is 19.2 Å². The van der Waals surface area contributed by atoms with E-state index in [2.05, 4.69) is 96.4 Å². The van der Waals surface area contributed by atoms with E-state index >= 15 is 0 Å². The first-order chi connectivity index (χ1) is 36.7. The lowest BCUT2D eigenvalue weighted by atomic mass is 9.69. The average molecular weight is 1090 g/mol. The smallest absolute Gasteiger partial charge is 0.337 e. The minimum atomic E-state index is -0.600. The van der Waals surface area contributed by atoms with Crippen LogP contribution in [0.15, 0.2) is 102 Å². The molecule has 9 rings (SSSR count). The Morgan fingerprint density at radius 3 is 1.81 bits per heavy atom. The van der Waals surface area contributed by atoms with Gasteiger partial charge in [-0.15, -0.1) is 10.2 Å². The third-order valence-electron chi connectivity index (χ3n) is 16.7. The highest BCUT2D eigenvalue weighted by Crippen LogP contribution is 2.52. The van der Waals surface area contributed by atoms with Gasteiger partial charge in [-0.1, -0.05) is 145 Å². The third-order valence-corrected chi connectivity index (χ3v) is 17.2. The van der Waals surface area contributed by atoms with Crippen molar-refractivity contribution in [1.82, 2.24) is 41.1 Å². The number of carbonyl (C=O) groups is 4. The monoisotopic (exact) mass is 1090 g/mol. The lowest BCUT2D eigenvalue weighted by Gasteiger charge is -2.49. The minimum absolute atomic E-state index is 0.0538. The number of methoxy groups -OCH3 is 1. The summed E-state index contributed by atoms with van der Waals surface area (Å²) in [5.41, 5.74) is 4.67. The van der Waals surface area contributed by atoms with Gasteiger partial charge in [-0.2, -0.15) is 5.21 Å². The highest BCUT2D eigenvalue weighted by Gasteiger charge is 2.56. The number of tetrazole rings is 1. The number of nitrogens with one attached hydrogen (secondary N) is 3. The molecule has 16 heteroatoms. The van der Waals surface area contributed by atoms with Crippen molar-refractivity contribution in [1.29, 1.82) is 0 Å². The Hall–Kier alpha value is -5.96. The molecule has 5 aromatic rings. The number of aliphatic imine (C=N–C) groups is 1. The number of aromatic amines is 1. The zero-order valence-electron chi connectivity index (χ0n) is 46.3. The van der Waals surface area contributed by atoms with Gasteiger partial charge in [0, 0.05) is 21.2 Å². The summed E-state index contributed by atoms with van der Waals surface area (Å²) in [6.07, 6.45) is 11.1. The van der Waals surface area contributed by atoms with E-state index in [4.69, 9.17) is 32.9 Å². The number of benzene rings is 4. The van der Waals surface area contributed by atoms with Crippen LogP contribution in [0.2, 0.25) is 10.0 Å². The first-order valence-electron chi connectivity index (χ1n) is 27.6. The van der Waals surface area contributed by atoms with Crippen LogP contribution >= 0.6 is 23.2 Å². The Labute approximate surface area is 464 Å². The van der Waals surface area contributed by atoms with E-state index in [1.807, 2.05) is 84.9 Å². The molecule has 2 saturated carbocycles. The molecule has 410 valence electrons. The van der Waals surface area contributed by atoms with Crippen LogP contribution in [-0.4, -0.2) is 78.3 Å². The first kappa shape index (κ1) is 57.2. The Balaban J connectivity index is 0.000000205. The van der Waals surface area contributed by atoms with E-state index in [0.717, 1.165) is 99.3 Å². The van der Waals surface area contributed by atoms with Gasteiger partial charge in [-0.25, -0.2) is 4.79 Å². The molecule has 0 radical (unpaired) electrons. The number of esters is 1. The van der Waals surface area contributed by atoms with Crippen LogP contribution in [-0.2, 0) is 20.9 Å². The average Bonchev–Trinajstić information content (AvgIpc) is 4.16. The largest absolute Gasteiger partial charge is 0.465 e. The van der Waals surface area contributed by atoms with E-state index in [1.54, 1.807) is 12.1 Å². The second kappa shape index (κ2) is 24.0. The van der Waals surface area contributed by atoms with Crippen molar-refractivity contribution in [2.75, 3.05) is 7.11 Å². The molecular formula is C61H77Cl2N9O5. The summed E-state index contributed by atoms with van der Waals surface area (Å²) in [6.45, 7) is 18.3. The molecule has 1 unspecified atom stereocenters. The SMILES string of the molecule is CCC[C@H](c1ccc(C(=O)NCc2nn[nH]n2)cc1)N1C(=O)C(c2cccc(Cl)c2)=NC12CCC(C(C)(C)C)CC2.CCC[C@H](c1ccc(C(=O)OC)cc1)N1C(=O)C(c2cccc(Cl)c2)NC12CCC(C(C)(C)C)CC2. The summed E-state index contributed by atoms with van der Waals surface area (Å²) in [5, 5.41) is 21.5. The van der Waals surface area contributed by atoms with Crippen molar-refractivity contribution in [3.63, 3.8) is 0 Å². The number of halogens is 2. The highest BCUT2D eigenvalue weighted by molar-refractivity contribution is 6.47. The second-order valence-corrected chi connectivity index (χ2v) is 24.5. The molecule has 3 atom stereocenters. The Morgan fingerprint density at radius 1 is 0.740 bits per heavy atom. The molecular weight excluding hydrogens is 1010 g/mol. The van der Waals surface area contributed by atoms with Gasteiger partial charge in [-0.3, -0.25) is 24.7 Å². The van der Waals surface area contributed by atoms with E-state index in [0.29, 0.717) is 44.5 Å². The van der Waals surface area contributed by atoms with Gasteiger partial charge in [0.2, 0.25) is 5.91 Å². The molecule has 4 aliphatic rings. The maximum absolute atomic E-state index is 14.3. The molecule has 2 aliphatic carbocycles. The fraction of sp³-hybridized carbons (Fsp3) is 0.508. The Morgan fingerprint density at radius 2 is 1.29 bits per heavy atom. The van der Waals surface area contributed by atoms with E-state index < -0.39 is 17.4 Å². The topological polar surface area (TPSA) is 175 Å². The molecule has 0 bridgehead atoms. The molecule has 1 saturated heterocycles. The summed E-state index contributed by atoms with van der Waals surface area (Å²) in [6, 6.07) is 29.5. The summed E-state index contributed by atoms with van der Waals surface area (Å²) < 4.78 is 4.88. The minimum Gasteiger partial charge on any atom is -0.465 e. The van der Waals surface area contributed by atoms with Crippen LogP contribution in [0, 0.1) is 22.7 Å². The molecule has 3 amide bonds. The van der Waals surface area contributed by atoms with Crippen LogP contribution in [0.1, 0.15) is 199 Å². The van der Waals surface area contributed by atoms with Gasteiger partial charge in [0.15, 0.2) is 5.82 Å². The van der Waals surface area contributed by atoms with Gasteiger partial charge >= 0.3 is 5.97 Å². The van der Waals surface area contributed by atoms with Crippen LogP contribution in [0.3, 0.4) is 0 Å². The summed E-state index contributed by atoms with van der Waals surface area (Å²) in [7, 11) is 1.39. The molecule has 77 heavy (non-hydrogen) atoms. The van der Waals surface area contributed by atoms with Gasteiger partial charge in [0.25, 0.3) is 11.8 Å². The number of ether oxygens (including phenoxy) is 1. The number of rotatable bonds is 14. The van der Waals surface area contributed by atoms with Gasteiger partial charge < -0.3 is 19.9 Å². The van der Waals surface area contributed by atoms with E-state index in [1.165, 1.54) is 7.11 Å². The van der Waals surface area contributed by atoms with Crippen LogP contribution < -0.4 is 10.6 Å². The van der Waals surface area contributed by atoms with Crippen molar-refractivity contribution in [2.45, 2.75) is 168 Å². The molecule has 1 aromatic heterocycles. The number of amides is 3. The summed E-state index contributed by atoms with van der Waals surface area (Å²) in [4.78, 5) is 62.7. The van der Waals surface area contributed by atoms with Crippen LogP contribution in [0.4, 0.5) is 0 Å². The zero-order valence-corrected chi connectivity index (χ0v) is 47.8. The van der Waals surface area contributed by atoms with Crippen molar-refractivity contribution < 1.29 is 23.9 Å². The molecule has 2 spiro atoms. The molecule has 14 nitrogen and oxygen atoms in total. The predicted molar refractivity (Wildman–Crippen MR) is 302 cm³/mol. The van der Waals surface area contributed by atoms with Gasteiger partial charge in [-0.05, 0) is 152 Å². The number of aromatic nitrogens is 4. The molecule has 3 N–H and O–H groups in total. The number of nitrogens with zero attached hydrogens (tertiary/aromatic N) is 6. The quantitative estimate of drug-likeness (QED) is 0.0914. The predicted octanol–water partition coefficient (Wildman–Crippen LogP) is 13.0. The Kier molecular flexibility index (Phi) is 17.8. The number of hydrogen-bond acceptors (Lipinski definition) is 10. The first-order valence-corrected chi connectivity index (χ1v) is 28.3. The molecule has 3 fully saturated rings. The van der Waals surface area contributed by atoms with Crippen LogP contribution in [0.5, 0.6) is 0 Å². The lowest BCUT2D eigenvalue weighted by molar-refractivity contribution is -0.137. The van der Waals surface area contributed by atoms with E-state index in [-0.39, 0.29) is 53.1 Å². The third kappa shape index (κ3) is 12.7. The lowest BCUT2D eigenvalue weighted by Crippen LogP contribution is -2.56. The number of H-pyrrole nitrogens is 1. The fourth-order valence-corrected chi connectivity index (χ4v) is 12.8. The highest BCUT2D eigenvalue weighted by atomic mass is 35.5. The standard InChI is InChI=1S/C31H38ClN7O2.C30H39ClN2O3/c1-5-7-25(20-10-12-21(13-11-20)28(40)33-19-26-35-37-38-36-26)39-29(41)27(22-8-6-9-24(32)18-22)34-31(39)16-14-23(15-17-31)30(2,3)4;1-6-8-25(20-11-13-21(14-12-20)28(35)36-5)33-27(34)26(22-9-7-10-24(31)19-22)32-30(33)17-15-23(16-18-30)29(2,3)4/h6,8-13,18,23,25H,5,7,14-17,19H2,1-4H3,(H,33,40)(H,35,36,37,38);7,9-14,19,23,25-26,32H,6,8,15-18H2,1-5H3/t23?,25-,31?;23?,25-,26?,30?/m11/s1. The van der Waals surface area contributed by atoms with Crippen molar-refractivity contribution >= 4 is 52.6 Å². The summed E-state index contributed by atoms with van der Waals surface area (Å²) >= 11 is 12.7. The van der Waals surface area contributed by atoms with Crippen molar-refractivity contribution in [2.24, 2.45) is 27.7 Å². The molecule has 2 aliphatic heterocycles. The molecule has 3 heterocycles. The fourth-order valence-electron chi connectivity index (χ4n) is 12.4. The normalized spacial score (nSPS) is 23.4. The number of carbonyl (C=O) groups excluding carboxylic acids is 4. The Bertz CT molecular complexity index is 2880. The van der Waals surface area contributed by atoms with Crippen LogP contribution in [0.25, 0.3) is 0 Å². The maximum atomic E-state index is 14.3. The van der Waals surface area contributed by atoms with Gasteiger partial charge in [0.1, 0.15) is 17.4 Å². The van der Waals surface area contributed by atoms with Gasteiger partial charge in [0.05, 0.1) is 37.0 Å². The summed E-state index contributed by atoms with van der Waals surface area (Å²) in [5.74, 6) is 1.07. The van der Waals surface area contributed by atoms with Crippen molar-refractivity contribution in [3.05, 3.63) is 146 Å². The molecule has 4 aromatic carbocycles. The maximum Gasteiger partial charge on any atom is 0.337 e. The van der Waals surface area contributed by atoms with Crippen molar-refractivity contribution in [3.8, 4) is 0 Å². The zero-order chi connectivity index (χ0) is 55.3. The number of hydrogen-bond donors (Lipinski definition) is 3.